The van der Waals surface area contributed by atoms with Gasteiger partial charge in [0.15, 0.2) is 0 Å². The minimum absolute atomic E-state index is 0.0999. The SMILES string of the molecule is NC(=S)c1ccc(OCC2Cc3cc(F)ccc3O2)cc1. The topological polar surface area (TPSA) is 44.5 Å². The molecule has 0 saturated carbocycles. The van der Waals surface area contributed by atoms with Gasteiger partial charge in [0.2, 0.25) is 0 Å². The molecule has 5 heteroatoms. The van der Waals surface area contributed by atoms with Crippen LogP contribution >= 0.6 is 12.2 Å². The molecule has 0 aromatic heterocycles. The van der Waals surface area contributed by atoms with Crippen LogP contribution in [-0.4, -0.2) is 17.7 Å². The molecule has 0 amide bonds. The Kier molecular flexibility index (Phi) is 3.75. The fraction of sp³-hybridized carbons (Fsp3) is 0.188. The predicted octanol–water partition coefficient (Wildman–Crippen LogP) is 2.84. The molecule has 3 rings (SSSR count). The first-order chi connectivity index (χ1) is 10.1. The molecule has 1 aliphatic rings. The van der Waals surface area contributed by atoms with Crippen LogP contribution in [0.25, 0.3) is 0 Å². The maximum atomic E-state index is 13.1. The molecule has 2 N–H and O–H groups in total. The van der Waals surface area contributed by atoms with Gasteiger partial charge in [-0.3, -0.25) is 0 Å². The van der Waals surface area contributed by atoms with Gasteiger partial charge in [-0.05, 0) is 42.5 Å². The highest BCUT2D eigenvalue weighted by atomic mass is 32.1. The number of benzene rings is 2. The van der Waals surface area contributed by atoms with E-state index in [1.54, 1.807) is 6.07 Å². The molecule has 0 spiro atoms. The monoisotopic (exact) mass is 303 g/mol. The largest absolute Gasteiger partial charge is 0.490 e. The molecule has 1 unspecified atom stereocenters. The number of halogens is 1. The van der Waals surface area contributed by atoms with Gasteiger partial charge in [-0.15, -0.1) is 0 Å². The van der Waals surface area contributed by atoms with Gasteiger partial charge >= 0.3 is 0 Å². The van der Waals surface area contributed by atoms with Crippen molar-refractivity contribution in [2.75, 3.05) is 6.61 Å². The zero-order valence-corrected chi connectivity index (χ0v) is 12.0. The van der Waals surface area contributed by atoms with Crippen molar-refractivity contribution < 1.29 is 13.9 Å². The Morgan fingerprint density at radius 2 is 2.05 bits per heavy atom. The summed E-state index contributed by atoms with van der Waals surface area (Å²) in [7, 11) is 0. The molecule has 1 aliphatic heterocycles. The summed E-state index contributed by atoms with van der Waals surface area (Å²) in [4.78, 5) is 0.359. The third-order valence-corrected chi connectivity index (χ3v) is 3.57. The van der Waals surface area contributed by atoms with Gasteiger partial charge in [-0.2, -0.15) is 0 Å². The second kappa shape index (κ2) is 5.69. The molecule has 0 saturated heterocycles. The molecule has 3 nitrogen and oxygen atoms in total. The number of thiocarbonyl (C=S) groups is 1. The number of rotatable bonds is 4. The summed E-state index contributed by atoms with van der Waals surface area (Å²) in [6, 6.07) is 11.8. The van der Waals surface area contributed by atoms with Crippen LogP contribution in [0.5, 0.6) is 11.5 Å². The fourth-order valence-corrected chi connectivity index (χ4v) is 2.42. The van der Waals surface area contributed by atoms with Crippen LogP contribution in [0.1, 0.15) is 11.1 Å². The third kappa shape index (κ3) is 3.13. The minimum Gasteiger partial charge on any atom is -0.490 e. The van der Waals surface area contributed by atoms with Gasteiger partial charge < -0.3 is 15.2 Å². The van der Waals surface area contributed by atoms with Crippen molar-refractivity contribution >= 4 is 17.2 Å². The number of fused-ring (bicyclic) bond motifs is 1. The molecule has 0 radical (unpaired) electrons. The lowest BCUT2D eigenvalue weighted by atomic mass is 10.1. The Morgan fingerprint density at radius 1 is 1.29 bits per heavy atom. The van der Waals surface area contributed by atoms with Crippen molar-refractivity contribution in [3.05, 3.63) is 59.4 Å². The highest BCUT2D eigenvalue weighted by Gasteiger charge is 2.23. The third-order valence-electron chi connectivity index (χ3n) is 3.34. The molecule has 2 aromatic rings. The van der Waals surface area contributed by atoms with Crippen molar-refractivity contribution in [2.24, 2.45) is 5.73 Å². The second-order valence-electron chi connectivity index (χ2n) is 4.90. The smallest absolute Gasteiger partial charge is 0.137 e. The maximum absolute atomic E-state index is 13.1. The van der Waals surface area contributed by atoms with E-state index in [1.807, 2.05) is 24.3 Å². The number of hydrogen-bond acceptors (Lipinski definition) is 3. The van der Waals surface area contributed by atoms with Crippen LogP contribution in [0.2, 0.25) is 0 Å². The normalized spacial score (nSPS) is 16.1. The van der Waals surface area contributed by atoms with Crippen LogP contribution in [-0.2, 0) is 6.42 Å². The Hall–Kier alpha value is -2.14. The van der Waals surface area contributed by atoms with Crippen LogP contribution in [0.15, 0.2) is 42.5 Å². The summed E-state index contributed by atoms with van der Waals surface area (Å²) in [5.41, 5.74) is 7.22. The van der Waals surface area contributed by atoms with E-state index >= 15 is 0 Å². The van der Waals surface area contributed by atoms with Crippen LogP contribution < -0.4 is 15.2 Å². The van der Waals surface area contributed by atoms with E-state index in [0.717, 1.165) is 22.6 Å². The molecule has 21 heavy (non-hydrogen) atoms. The predicted molar refractivity (Wildman–Crippen MR) is 82.3 cm³/mol. The number of ether oxygens (including phenoxy) is 2. The maximum Gasteiger partial charge on any atom is 0.137 e. The quantitative estimate of drug-likeness (QED) is 0.882. The summed E-state index contributed by atoms with van der Waals surface area (Å²) < 4.78 is 24.5. The van der Waals surface area contributed by atoms with Gasteiger partial charge in [0.1, 0.15) is 35.0 Å². The van der Waals surface area contributed by atoms with Crippen molar-refractivity contribution in [1.29, 1.82) is 0 Å². The molecule has 0 fully saturated rings. The van der Waals surface area contributed by atoms with Crippen molar-refractivity contribution in [1.82, 2.24) is 0 Å². The average molecular weight is 303 g/mol. The lowest BCUT2D eigenvalue weighted by molar-refractivity contribution is 0.148. The van der Waals surface area contributed by atoms with Gasteiger partial charge in [-0.1, -0.05) is 12.2 Å². The molecule has 1 heterocycles. The standard InChI is InChI=1S/C16H14FNO2S/c17-12-3-6-15-11(7-12)8-14(20-15)9-19-13-4-1-10(2-5-13)16(18)21/h1-7,14H,8-9H2,(H2,18,21). The van der Waals surface area contributed by atoms with Crippen LogP contribution in [0.3, 0.4) is 0 Å². The van der Waals surface area contributed by atoms with Gasteiger partial charge in [-0.25, -0.2) is 4.39 Å². The van der Waals surface area contributed by atoms with Crippen LogP contribution in [0, 0.1) is 5.82 Å². The first-order valence-corrected chi connectivity index (χ1v) is 7.00. The zero-order chi connectivity index (χ0) is 14.8. The molecule has 0 bridgehead atoms. The van der Waals surface area contributed by atoms with E-state index in [4.69, 9.17) is 27.4 Å². The van der Waals surface area contributed by atoms with E-state index in [1.165, 1.54) is 12.1 Å². The summed E-state index contributed by atoms with van der Waals surface area (Å²) in [5, 5.41) is 0. The van der Waals surface area contributed by atoms with E-state index in [0.29, 0.717) is 18.0 Å². The molecular weight excluding hydrogens is 289 g/mol. The number of hydrogen-bond donors (Lipinski definition) is 1. The zero-order valence-electron chi connectivity index (χ0n) is 11.2. The molecule has 2 aromatic carbocycles. The minimum atomic E-state index is -0.243. The van der Waals surface area contributed by atoms with Gasteiger partial charge in [0, 0.05) is 17.5 Å². The first kappa shape index (κ1) is 13.8. The fourth-order valence-electron chi connectivity index (χ4n) is 2.29. The Balaban J connectivity index is 1.58. The molecular formula is C16H14FNO2S. The highest BCUT2D eigenvalue weighted by Crippen LogP contribution is 2.29. The van der Waals surface area contributed by atoms with Gasteiger partial charge in [0.25, 0.3) is 0 Å². The van der Waals surface area contributed by atoms with Crippen molar-refractivity contribution in [2.45, 2.75) is 12.5 Å². The number of nitrogens with two attached hydrogens (primary N) is 1. The van der Waals surface area contributed by atoms with E-state index in [-0.39, 0.29) is 11.9 Å². The van der Waals surface area contributed by atoms with Crippen molar-refractivity contribution in [3.63, 3.8) is 0 Å². The molecule has 0 aliphatic carbocycles. The molecule has 1 atom stereocenters. The highest BCUT2D eigenvalue weighted by molar-refractivity contribution is 7.80. The summed E-state index contributed by atoms with van der Waals surface area (Å²) in [6.07, 6.45) is 0.551. The Labute approximate surface area is 127 Å². The lowest BCUT2D eigenvalue weighted by Crippen LogP contribution is -2.22. The average Bonchev–Trinajstić information content (AvgIpc) is 2.87. The summed E-state index contributed by atoms with van der Waals surface area (Å²) in [5.74, 6) is 1.21. The van der Waals surface area contributed by atoms with E-state index < -0.39 is 0 Å². The second-order valence-corrected chi connectivity index (χ2v) is 5.34. The van der Waals surface area contributed by atoms with Gasteiger partial charge in [0.05, 0.1) is 0 Å². The van der Waals surface area contributed by atoms with E-state index in [2.05, 4.69) is 0 Å². The Bertz CT molecular complexity index is 672. The molecule has 108 valence electrons. The van der Waals surface area contributed by atoms with Crippen molar-refractivity contribution in [3.8, 4) is 11.5 Å². The first-order valence-electron chi connectivity index (χ1n) is 6.59. The van der Waals surface area contributed by atoms with Crippen LogP contribution in [0.4, 0.5) is 4.39 Å². The summed E-state index contributed by atoms with van der Waals surface area (Å²) >= 11 is 4.89. The Morgan fingerprint density at radius 3 is 2.76 bits per heavy atom. The van der Waals surface area contributed by atoms with E-state index in [9.17, 15) is 4.39 Å². The summed E-state index contributed by atoms with van der Waals surface area (Å²) in [6.45, 7) is 0.405. The lowest BCUT2D eigenvalue weighted by Gasteiger charge is -2.12.